The van der Waals surface area contributed by atoms with Crippen LogP contribution in [0.2, 0.25) is 0 Å². The molecule has 0 aromatic carbocycles. The van der Waals surface area contributed by atoms with Crippen LogP contribution in [-0.2, 0) is 0 Å². The number of carbonyl (C=O) groups is 1. The van der Waals surface area contributed by atoms with Gasteiger partial charge in [0.05, 0.1) is 17.4 Å². The topological polar surface area (TPSA) is 79.5 Å². The van der Waals surface area contributed by atoms with Crippen molar-refractivity contribution >= 4 is 17.5 Å². The molecule has 1 aromatic rings. The normalized spacial score (nSPS) is 16.9. The van der Waals surface area contributed by atoms with Crippen LogP contribution >= 0.6 is 0 Å². The van der Waals surface area contributed by atoms with E-state index in [1.807, 2.05) is 7.05 Å². The summed E-state index contributed by atoms with van der Waals surface area (Å²) in [6.45, 7) is 0. The van der Waals surface area contributed by atoms with Gasteiger partial charge in [-0.25, -0.2) is 9.78 Å². The van der Waals surface area contributed by atoms with Gasteiger partial charge in [0.1, 0.15) is 5.82 Å². The molecule has 5 heteroatoms. The Morgan fingerprint density at radius 1 is 1.37 bits per heavy atom. The third-order valence-electron chi connectivity index (χ3n) is 3.88. The number of rotatable bonds is 3. The smallest absolute Gasteiger partial charge is 0.337 e. The first-order valence-electron chi connectivity index (χ1n) is 6.81. The molecule has 3 N–H and O–H groups in total. The molecule has 0 radical (unpaired) electrons. The first kappa shape index (κ1) is 13.6. The maximum Gasteiger partial charge on any atom is 0.337 e. The minimum Gasteiger partial charge on any atom is -0.478 e. The van der Waals surface area contributed by atoms with Crippen molar-refractivity contribution in [2.45, 2.75) is 44.6 Å². The summed E-state index contributed by atoms with van der Waals surface area (Å²) < 4.78 is 0. The van der Waals surface area contributed by atoms with E-state index in [0.717, 1.165) is 12.8 Å². The lowest BCUT2D eigenvalue weighted by atomic mass is 10.1. The fraction of sp³-hybridized carbons (Fsp3) is 0.571. The van der Waals surface area contributed by atoms with Gasteiger partial charge in [-0.05, 0) is 18.9 Å². The van der Waals surface area contributed by atoms with Crippen molar-refractivity contribution in [3.05, 3.63) is 17.8 Å². The molecule has 1 aliphatic carbocycles. The molecule has 0 saturated heterocycles. The standard InChI is InChI=1S/C14H21N3O2/c1-17(10-6-4-2-3-5-7-10)13-8-11(14(18)19)12(15)9-16-13/h8-10H,2-7,15H2,1H3,(H,18,19). The third-order valence-corrected chi connectivity index (χ3v) is 3.88. The van der Waals surface area contributed by atoms with Gasteiger partial charge in [0.25, 0.3) is 0 Å². The van der Waals surface area contributed by atoms with E-state index in [9.17, 15) is 4.79 Å². The molecular formula is C14H21N3O2. The highest BCUT2D eigenvalue weighted by Gasteiger charge is 2.19. The number of aromatic carboxylic acids is 1. The zero-order chi connectivity index (χ0) is 13.8. The van der Waals surface area contributed by atoms with Crippen molar-refractivity contribution in [2.24, 2.45) is 0 Å². The molecule has 0 spiro atoms. The van der Waals surface area contributed by atoms with Gasteiger partial charge in [-0.15, -0.1) is 0 Å². The molecule has 1 saturated carbocycles. The number of hydrogen-bond acceptors (Lipinski definition) is 4. The molecule has 0 bridgehead atoms. The van der Waals surface area contributed by atoms with E-state index in [2.05, 4.69) is 9.88 Å². The van der Waals surface area contributed by atoms with E-state index in [0.29, 0.717) is 11.9 Å². The Morgan fingerprint density at radius 3 is 2.58 bits per heavy atom. The average molecular weight is 263 g/mol. The molecule has 0 unspecified atom stereocenters. The summed E-state index contributed by atoms with van der Waals surface area (Å²) in [6.07, 6.45) is 8.77. The van der Waals surface area contributed by atoms with Crippen molar-refractivity contribution in [2.75, 3.05) is 17.7 Å². The lowest BCUT2D eigenvalue weighted by molar-refractivity contribution is 0.0698. The second-order valence-corrected chi connectivity index (χ2v) is 5.19. The molecule has 19 heavy (non-hydrogen) atoms. The van der Waals surface area contributed by atoms with Crippen LogP contribution in [0, 0.1) is 0 Å². The fourth-order valence-corrected chi connectivity index (χ4v) is 2.67. The number of aromatic nitrogens is 1. The quantitative estimate of drug-likeness (QED) is 0.819. The predicted octanol–water partition coefficient (Wildman–Crippen LogP) is 2.52. The number of nitrogens with two attached hydrogens (primary N) is 1. The molecule has 1 aliphatic rings. The molecule has 0 aliphatic heterocycles. The first-order valence-corrected chi connectivity index (χ1v) is 6.81. The van der Waals surface area contributed by atoms with E-state index in [1.165, 1.54) is 31.9 Å². The van der Waals surface area contributed by atoms with Gasteiger partial charge in [0, 0.05) is 13.1 Å². The van der Waals surface area contributed by atoms with Crippen molar-refractivity contribution in [3.8, 4) is 0 Å². The molecule has 0 amide bonds. The van der Waals surface area contributed by atoms with Gasteiger partial charge < -0.3 is 15.7 Å². The summed E-state index contributed by atoms with van der Waals surface area (Å²) >= 11 is 0. The van der Waals surface area contributed by atoms with E-state index in [4.69, 9.17) is 10.8 Å². The second kappa shape index (κ2) is 5.91. The highest BCUT2D eigenvalue weighted by Crippen LogP contribution is 2.25. The Kier molecular flexibility index (Phi) is 4.24. The van der Waals surface area contributed by atoms with E-state index in [-0.39, 0.29) is 11.3 Å². The molecule has 1 aromatic heterocycles. The average Bonchev–Trinajstić information content (AvgIpc) is 2.67. The van der Waals surface area contributed by atoms with Gasteiger partial charge in [-0.1, -0.05) is 25.7 Å². The second-order valence-electron chi connectivity index (χ2n) is 5.19. The Balaban J connectivity index is 2.20. The van der Waals surface area contributed by atoms with Crippen molar-refractivity contribution in [1.29, 1.82) is 0 Å². The Hall–Kier alpha value is -1.78. The summed E-state index contributed by atoms with van der Waals surface area (Å²) in [5.41, 5.74) is 5.98. The van der Waals surface area contributed by atoms with Crippen molar-refractivity contribution in [1.82, 2.24) is 4.98 Å². The third kappa shape index (κ3) is 3.16. The maximum absolute atomic E-state index is 11.1. The summed E-state index contributed by atoms with van der Waals surface area (Å²) in [5, 5.41) is 9.10. The minimum atomic E-state index is -1.00. The van der Waals surface area contributed by atoms with Crippen LogP contribution in [0.15, 0.2) is 12.3 Å². The predicted molar refractivity (Wildman–Crippen MR) is 75.5 cm³/mol. The van der Waals surface area contributed by atoms with Crippen LogP contribution in [-0.4, -0.2) is 29.1 Å². The molecule has 1 heterocycles. The van der Waals surface area contributed by atoms with Crippen LogP contribution in [0.5, 0.6) is 0 Å². The highest BCUT2D eigenvalue weighted by atomic mass is 16.4. The van der Waals surface area contributed by atoms with Crippen molar-refractivity contribution in [3.63, 3.8) is 0 Å². The molecule has 5 nitrogen and oxygen atoms in total. The van der Waals surface area contributed by atoms with Crippen LogP contribution in [0.1, 0.15) is 48.9 Å². The zero-order valence-electron chi connectivity index (χ0n) is 11.3. The number of nitrogens with zero attached hydrogens (tertiary/aromatic N) is 2. The monoisotopic (exact) mass is 263 g/mol. The van der Waals surface area contributed by atoms with Crippen LogP contribution in [0.3, 0.4) is 0 Å². The number of carboxylic acids is 1. The van der Waals surface area contributed by atoms with Crippen LogP contribution in [0.4, 0.5) is 11.5 Å². The van der Waals surface area contributed by atoms with Crippen LogP contribution in [0.25, 0.3) is 0 Å². The van der Waals surface area contributed by atoms with E-state index in [1.54, 1.807) is 6.07 Å². The Morgan fingerprint density at radius 2 is 2.00 bits per heavy atom. The highest BCUT2D eigenvalue weighted by molar-refractivity contribution is 5.94. The number of nitrogen functional groups attached to an aromatic ring is 1. The summed E-state index contributed by atoms with van der Waals surface area (Å²) in [6, 6.07) is 2.02. The number of anilines is 2. The number of carboxylic acid groups (broad SMARTS) is 1. The molecule has 104 valence electrons. The molecule has 1 fully saturated rings. The van der Waals surface area contributed by atoms with Gasteiger partial charge in [-0.3, -0.25) is 0 Å². The first-order chi connectivity index (χ1) is 9.09. The van der Waals surface area contributed by atoms with Gasteiger partial charge >= 0.3 is 5.97 Å². The molecule has 2 rings (SSSR count). The fourth-order valence-electron chi connectivity index (χ4n) is 2.67. The largest absolute Gasteiger partial charge is 0.478 e. The number of hydrogen-bond donors (Lipinski definition) is 2. The van der Waals surface area contributed by atoms with Crippen molar-refractivity contribution < 1.29 is 9.90 Å². The minimum absolute atomic E-state index is 0.130. The van der Waals surface area contributed by atoms with Gasteiger partial charge in [-0.2, -0.15) is 0 Å². The lowest BCUT2D eigenvalue weighted by Crippen LogP contribution is -2.32. The van der Waals surface area contributed by atoms with Crippen LogP contribution < -0.4 is 10.6 Å². The summed E-state index contributed by atoms with van der Waals surface area (Å²) in [4.78, 5) is 17.5. The van der Waals surface area contributed by atoms with Gasteiger partial charge in [0.15, 0.2) is 0 Å². The number of pyridine rings is 1. The zero-order valence-corrected chi connectivity index (χ0v) is 11.3. The maximum atomic E-state index is 11.1. The van der Waals surface area contributed by atoms with E-state index >= 15 is 0 Å². The molecular weight excluding hydrogens is 242 g/mol. The Bertz CT molecular complexity index is 454. The summed E-state index contributed by atoms with van der Waals surface area (Å²) in [7, 11) is 1.99. The van der Waals surface area contributed by atoms with E-state index < -0.39 is 5.97 Å². The molecule has 0 atom stereocenters. The van der Waals surface area contributed by atoms with Gasteiger partial charge in [0.2, 0.25) is 0 Å². The Labute approximate surface area is 113 Å². The SMILES string of the molecule is CN(c1cc(C(=O)O)c(N)cn1)C1CCCCCC1. The summed E-state index contributed by atoms with van der Waals surface area (Å²) in [5.74, 6) is -0.311. The lowest BCUT2D eigenvalue weighted by Gasteiger charge is -2.28.